The van der Waals surface area contributed by atoms with Crippen LogP contribution in [0.15, 0.2) is 176 Å². The van der Waals surface area contributed by atoms with Gasteiger partial charge >= 0.3 is 0 Å². The molecule has 6 nitrogen and oxygen atoms in total. The predicted octanol–water partition coefficient (Wildman–Crippen LogP) is 11.0. The lowest BCUT2D eigenvalue weighted by atomic mass is 9.61. The number of fused-ring (bicyclic) bond motifs is 8. The van der Waals surface area contributed by atoms with Crippen LogP contribution in [0.4, 0.5) is 17.1 Å². The fourth-order valence-electron chi connectivity index (χ4n) is 7.98. The summed E-state index contributed by atoms with van der Waals surface area (Å²) >= 11 is 0. The van der Waals surface area contributed by atoms with E-state index in [0.717, 1.165) is 67.5 Å². The minimum atomic E-state index is -0.684. The minimum absolute atomic E-state index is 0.509. The Hall–Kier alpha value is -7.36. The Morgan fingerprint density at radius 3 is 1.43 bits per heavy atom. The molecule has 0 unspecified atom stereocenters. The summed E-state index contributed by atoms with van der Waals surface area (Å²) in [7, 11) is 0. The van der Waals surface area contributed by atoms with E-state index in [1.807, 2.05) is 91.0 Å². The molecule has 0 radical (unpaired) electrons. The Balaban J connectivity index is 1.27. The summed E-state index contributed by atoms with van der Waals surface area (Å²) in [6.45, 7) is 0. The number of hydrogen-bond acceptors (Lipinski definition) is 6. The number of anilines is 3. The lowest BCUT2D eigenvalue weighted by molar-refractivity contribution is 0.434. The van der Waals surface area contributed by atoms with Gasteiger partial charge in [-0.3, -0.25) is 0 Å². The zero-order valence-corrected chi connectivity index (χ0v) is 28.4. The maximum Gasteiger partial charge on any atom is 0.166 e. The SMILES string of the molecule is N#Cc1ccc(-c2nc(-c3ccccc3)nc(-c3ccccc3)n2)c(N2c3ccccc3C3(c4ccccc4Oc4ccccc43)c3ccccc32)c1. The molecule has 10 rings (SSSR count). The summed E-state index contributed by atoms with van der Waals surface area (Å²) in [5.74, 6) is 3.29. The minimum Gasteiger partial charge on any atom is -0.457 e. The van der Waals surface area contributed by atoms with E-state index in [0.29, 0.717) is 23.0 Å². The lowest BCUT2D eigenvalue weighted by Crippen LogP contribution is -2.39. The molecule has 53 heavy (non-hydrogen) atoms. The topological polar surface area (TPSA) is 74.9 Å². The molecule has 6 heteroatoms. The van der Waals surface area contributed by atoms with Crippen molar-refractivity contribution in [1.29, 1.82) is 5.26 Å². The highest BCUT2D eigenvalue weighted by molar-refractivity contribution is 5.95. The largest absolute Gasteiger partial charge is 0.457 e. The van der Waals surface area contributed by atoms with Gasteiger partial charge in [-0.2, -0.15) is 5.26 Å². The third kappa shape index (κ3) is 4.68. The number of benzene rings is 7. The van der Waals surface area contributed by atoms with Gasteiger partial charge in [0, 0.05) is 27.8 Å². The van der Waals surface area contributed by atoms with Crippen molar-refractivity contribution in [1.82, 2.24) is 15.0 Å². The predicted molar refractivity (Wildman–Crippen MR) is 207 cm³/mol. The van der Waals surface area contributed by atoms with Crippen LogP contribution in [0.3, 0.4) is 0 Å². The summed E-state index contributed by atoms with van der Waals surface area (Å²) in [5, 5.41) is 10.3. The highest BCUT2D eigenvalue weighted by Gasteiger charge is 2.51. The summed E-state index contributed by atoms with van der Waals surface area (Å²) < 4.78 is 6.58. The first-order chi connectivity index (χ1) is 26.2. The highest BCUT2D eigenvalue weighted by Crippen LogP contribution is 2.63. The standard InChI is InChI=1S/C47H29N5O/c48-30-31-27-28-34(46-50-44(32-15-3-1-4-16-32)49-45(51-46)33-17-5-2-6-18-33)41(29-31)52-39-23-11-7-19-35(39)47(36-20-8-12-24-40(36)52)37-21-9-13-25-42(37)53-43-26-14-10-22-38(43)47/h1-29H. The molecule has 0 N–H and O–H groups in total. The lowest BCUT2D eigenvalue weighted by Gasteiger charge is -2.48. The summed E-state index contributed by atoms with van der Waals surface area (Å²) in [5.41, 5.74) is 9.48. The first-order valence-electron chi connectivity index (χ1n) is 17.5. The second kappa shape index (κ2) is 12.2. The molecule has 2 aliphatic heterocycles. The Labute approximate surface area is 306 Å². The van der Waals surface area contributed by atoms with Gasteiger partial charge in [-0.25, -0.2) is 15.0 Å². The number of aromatic nitrogens is 3. The van der Waals surface area contributed by atoms with Crippen LogP contribution in [0.1, 0.15) is 27.8 Å². The molecule has 0 saturated heterocycles. The second-order valence-electron chi connectivity index (χ2n) is 13.1. The number of para-hydroxylation sites is 4. The molecule has 0 atom stereocenters. The smallest absolute Gasteiger partial charge is 0.166 e. The van der Waals surface area contributed by atoms with E-state index in [-0.39, 0.29) is 0 Å². The first kappa shape index (κ1) is 30.5. The van der Waals surface area contributed by atoms with Crippen LogP contribution in [-0.4, -0.2) is 15.0 Å². The van der Waals surface area contributed by atoms with Gasteiger partial charge in [0.05, 0.1) is 34.1 Å². The average molecular weight is 680 g/mol. The molecule has 3 heterocycles. The fraction of sp³-hybridized carbons (Fsp3) is 0.0213. The molecule has 0 aliphatic carbocycles. The van der Waals surface area contributed by atoms with Crippen molar-refractivity contribution in [3.05, 3.63) is 204 Å². The monoisotopic (exact) mass is 679 g/mol. The van der Waals surface area contributed by atoms with Crippen LogP contribution in [0.5, 0.6) is 11.5 Å². The van der Waals surface area contributed by atoms with E-state index in [9.17, 15) is 5.26 Å². The quantitative estimate of drug-likeness (QED) is 0.184. The molecule has 2 aliphatic rings. The third-order valence-corrected chi connectivity index (χ3v) is 10.2. The van der Waals surface area contributed by atoms with Crippen molar-refractivity contribution in [3.63, 3.8) is 0 Å². The van der Waals surface area contributed by atoms with Crippen LogP contribution >= 0.6 is 0 Å². The average Bonchev–Trinajstić information content (AvgIpc) is 3.24. The molecule has 248 valence electrons. The zero-order chi connectivity index (χ0) is 35.4. The Morgan fingerprint density at radius 2 is 0.906 bits per heavy atom. The van der Waals surface area contributed by atoms with E-state index in [1.165, 1.54) is 0 Å². The highest BCUT2D eigenvalue weighted by atomic mass is 16.5. The maximum absolute atomic E-state index is 10.3. The van der Waals surface area contributed by atoms with Gasteiger partial charge in [0.25, 0.3) is 0 Å². The van der Waals surface area contributed by atoms with Gasteiger partial charge in [-0.15, -0.1) is 0 Å². The van der Waals surface area contributed by atoms with Crippen LogP contribution < -0.4 is 9.64 Å². The number of nitriles is 1. The molecule has 8 aromatic rings. The van der Waals surface area contributed by atoms with Crippen molar-refractivity contribution in [2.24, 2.45) is 0 Å². The second-order valence-corrected chi connectivity index (χ2v) is 13.1. The van der Waals surface area contributed by atoms with Crippen molar-refractivity contribution in [2.45, 2.75) is 5.41 Å². The maximum atomic E-state index is 10.3. The fourth-order valence-corrected chi connectivity index (χ4v) is 7.98. The molecule has 1 aromatic heterocycles. The van der Waals surface area contributed by atoms with Crippen LogP contribution in [-0.2, 0) is 5.41 Å². The van der Waals surface area contributed by atoms with Gasteiger partial charge in [-0.1, -0.05) is 133 Å². The molecule has 0 saturated carbocycles. The molecular formula is C47H29N5O. The molecule has 0 amide bonds. The summed E-state index contributed by atoms with van der Waals surface area (Å²) in [6, 6.07) is 61.8. The normalized spacial score (nSPS) is 13.2. The van der Waals surface area contributed by atoms with Crippen LogP contribution in [0.2, 0.25) is 0 Å². The van der Waals surface area contributed by atoms with Crippen LogP contribution in [0, 0.1) is 11.3 Å². The molecule has 7 aromatic carbocycles. The van der Waals surface area contributed by atoms with Crippen molar-refractivity contribution >= 4 is 17.1 Å². The summed E-state index contributed by atoms with van der Waals surface area (Å²) in [4.78, 5) is 17.4. The van der Waals surface area contributed by atoms with E-state index in [4.69, 9.17) is 19.7 Å². The van der Waals surface area contributed by atoms with Gasteiger partial charge in [0.1, 0.15) is 11.5 Å². The number of rotatable bonds is 4. The molecular weight excluding hydrogens is 651 g/mol. The molecule has 0 bridgehead atoms. The third-order valence-electron chi connectivity index (χ3n) is 10.2. The van der Waals surface area contributed by atoms with E-state index >= 15 is 0 Å². The summed E-state index contributed by atoms with van der Waals surface area (Å²) in [6.07, 6.45) is 0. The number of ether oxygens (including phenoxy) is 1. The van der Waals surface area contributed by atoms with Crippen LogP contribution in [0.25, 0.3) is 34.2 Å². The Kier molecular flexibility index (Phi) is 6.98. The van der Waals surface area contributed by atoms with Crippen molar-refractivity contribution < 1.29 is 4.74 Å². The van der Waals surface area contributed by atoms with Crippen molar-refractivity contribution in [3.8, 4) is 51.7 Å². The number of nitrogens with zero attached hydrogens (tertiary/aromatic N) is 5. The van der Waals surface area contributed by atoms with Gasteiger partial charge in [0.15, 0.2) is 17.5 Å². The number of hydrogen-bond donors (Lipinski definition) is 0. The molecule has 1 spiro atoms. The van der Waals surface area contributed by atoms with Gasteiger partial charge in [-0.05, 0) is 53.6 Å². The first-order valence-corrected chi connectivity index (χ1v) is 17.5. The van der Waals surface area contributed by atoms with Crippen molar-refractivity contribution in [2.75, 3.05) is 4.90 Å². The van der Waals surface area contributed by atoms with Gasteiger partial charge < -0.3 is 9.64 Å². The Bertz CT molecular complexity index is 2590. The van der Waals surface area contributed by atoms with E-state index in [1.54, 1.807) is 0 Å². The van der Waals surface area contributed by atoms with E-state index in [2.05, 4.69) is 95.9 Å². The zero-order valence-electron chi connectivity index (χ0n) is 28.4. The van der Waals surface area contributed by atoms with Gasteiger partial charge in [0.2, 0.25) is 0 Å². The van der Waals surface area contributed by atoms with E-state index < -0.39 is 5.41 Å². The molecule has 0 fully saturated rings. The Morgan fingerprint density at radius 1 is 0.453 bits per heavy atom.